The minimum absolute atomic E-state index is 0.0590. The lowest BCUT2D eigenvalue weighted by molar-refractivity contribution is -0.129. The Balaban J connectivity index is 1.91. The zero-order valence-corrected chi connectivity index (χ0v) is 15.5. The Kier molecular flexibility index (Phi) is 6.60. The van der Waals surface area contributed by atoms with E-state index >= 15 is 0 Å². The second kappa shape index (κ2) is 8.89. The third kappa shape index (κ3) is 4.99. The van der Waals surface area contributed by atoms with E-state index in [1.165, 1.54) is 0 Å². The number of carbonyl (C=O) groups is 2. The van der Waals surface area contributed by atoms with E-state index in [1.54, 1.807) is 44.4 Å². The smallest absolute Gasteiger partial charge is 0.251 e. The molecule has 0 bridgehead atoms. The van der Waals surface area contributed by atoms with E-state index in [0.29, 0.717) is 23.6 Å². The predicted octanol–water partition coefficient (Wildman–Crippen LogP) is 2.40. The van der Waals surface area contributed by atoms with Gasteiger partial charge in [-0.15, -0.1) is 0 Å². The van der Waals surface area contributed by atoms with Crippen molar-refractivity contribution < 1.29 is 19.1 Å². The van der Waals surface area contributed by atoms with Gasteiger partial charge in [0.15, 0.2) is 11.5 Å². The fourth-order valence-electron chi connectivity index (χ4n) is 2.44. The summed E-state index contributed by atoms with van der Waals surface area (Å²) in [5, 5.41) is 2.65. The van der Waals surface area contributed by atoms with E-state index in [2.05, 4.69) is 5.32 Å². The maximum atomic E-state index is 12.3. The number of rotatable bonds is 7. The summed E-state index contributed by atoms with van der Waals surface area (Å²) in [6, 6.07) is 12.7. The molecule has 0 fully saturated rings. The van der Waals surface area contributed by atoms with Crippen LogP contribution < -0.4 is 14.8 Å². The topological polar surface area (TPSA) is 67.9 Å². The van der Waals surface area contributed by atoms with Gasteiger partial charge in [-0.05, 0) is 36.8 Å². The van der Waals surface area contributed by atoms with Gasteiger partial charge in [-0.3, -0.25) is 9.59 Å². The number of ether oxygens (including phenoxy) is 2. The zero-order valence-electron chi connectivity index (χ0n) is 15.5. The van der Waals surface area contributed by atoms with Crippen molar-refractivity contribution in [2.75, 3.05) is 27.8 Å². The van der Waals surface area contributed by atoms with Gasteiger partial charge in [0.1, 0.15) is 0 Å². The second-order valence-electron chi connectivity index (χ2n) is 5.99. The Bertz CT molecular complexity index is 772. The molecule has 1 N–H and O–H groups in total. The minimum atomic E-state index is -0.266. The standard InChI is InChI=1S/C20H24N2O4/c1-14-5-8-16(9-6-14)20(24)21-12-19(23)22(2)13-15-7-10-17(25-3)18(11-15)26-4/h5-11H,12-13H2,1-4H3,(H,21,24). The molecule has 26 heavy (non-hydrogen) atoms. The van der Waals surface area contributed by atoms with Crippen molar-refractivity contribution in [3.63, 3.8) is 0 Å². The molecule has 2 aromatic rings. The van der Waals surface area contributed by atoms with Crippen LogP contribution in [-0.2, 0) is 11.3 Å². The molecule has 2 aromatic carbocycles. The normalized spacial score (nSPS) is 10.2. The van der Waals surface area contributed by atoms with Crippen LogP contribution in [0.25, 0.3) is 0 Å². The first-order valence-corrected chi connectivity index (χ1v) is 8.24. The van der Waals surface area contributed by atoms with Crippen LogP contribution in [0.5, 0.6) is 11.5 Å². The molecule has 0 spiro atoms. The highest BCUT2D eigenvalue weighted by Gasteiger charge is 2.13. The van der Waals surface area contributed by atoms with Gasteiger partial charge in [-0.25, -0.2) is 0 Å². The van der Waals surface area contributed by atoms with E-state index in [-0.39, 0.29) is 18.4 Å². The predicted molar refractivity (Wildman–Crippen MR) is 99.5 cm³/mol. The van der Waals surface area contributed by atoms with Gasteiger partial charge in [0.2, 0.25) is 5.91 Å². The van der Waals surface area contributed by atoms with Crippen molar-refractivity contribution in [1.29, 1.82) is 0 Å². The van der Waals surface area contributed by atoms with E-state index in [1.807, 2.05) is 31.2 Å². The van der Waals surface area contributed by atoms with Crippen molar-refractivity contribution in [3.8, 4) is 11.5 Å². The molecule has 0 aliphatic carbocycles. The summed E-state index contributed by atoms with van der Waals surface area (Å²) < 4.78 is 10.5. The lowest BCUT2D eigenvalue weighted by Gasteiger charge is -2.18. The largest absolute Gasteiger partial charge is 0.493 e. The molecule has 2 rings (SSSR count). The van der Waals surface area contributed by atoms with Crippen molar-refractivity contribution >= 4 is 11.8 Å². The monoisotopic (exact) mass is 356 g/mol. The van der Waals surface area contributed by atoms with Crippen molar-refractivity contribution in [2.24, 2.45) is 0 Å². The van der Waals surface area contributed by atoms with E-state index in [0.717, 1.165) is 11.1 Å². The average molecular weight is 356 g/mol. The molecule has 0 heterocycles. The third-order valence-corrected chi connectivity index (χ3v) is 4.01. The number of benzene rings is 2. The summed E-state index contributed by atoms with van der Waals surface area (Å²) in [4.78, 5) is 25.9. The average Bonchev–Trinajstić information content (AvgIpc) is 2.66. The molecule has 0 aliphatic heterocycles. The number of likely N-dealkylation sites (N-methyl/N-ethyl adjacent to an activating group) is 1. The fraction of sp³-hybridized carbons (Fsp3) is 0.300. The Labute approximate surface area is 153 Å². The molecule has 0 aromatic heterocycles. The number of aryl methyl sites for hydroxylation is 1. The van der Waals surface area contributed by atoms with Gasteiger partial charge in [0.05, 0.1) is 20.8 Å². The van der Waals surface area contributed by atoms with Crippen LogP contribution in [0.4, 0.5) is 0 Å². The minimum Gasteiger partial charge on any atom is -0.493 e. The van der Waals surface area contributed by atoms with Crippen LogP contribution in [0.3, 0.4) is 0 Å². The maximum Gasteiger partial charge on any atom is 0.251 e. The SMILES string of the molecule is COc1ccc(CN(C)C(=O)CNC(=O)c2ccc(C)cc2)cc1OC. The highest BCUT2D eigenvalue weighted by Crippen LogP contribution is 2.27. The van der Waals surface area contributed by atoms with Crippen molar-refractivity contribution in [2.45, 2.75) is 13.5 Å². The van der Waals surface area contributed by atoms with E-state index in [4.69, 9.17) is 9.47 Å². The van der Waals surface area contributed by atoms with Crippen LogP contribution >= 0.6 is 0 Å². The first-order valence-electron chi connectivity index (χ1n) is 8.24. The van der Waals surface area contributed by atoms with Crippen LogP contribution in [0.15, 0.2) is 42.5 Å². The van der Waals surface area contributed by atoms with E-state index in [9.17, 15) is 9.59 Å². The number of hydrogen-bond donors (Lipinski definition) is 1. The Hall–Kier alpha value is -3.02. The molecule has 0 aliphatic rings. The molecule has 0 atom stereocenters. The van der Waals surface area contributed by atoms with Gasteiger partial charge < -0.3 is 19.7 Å². The molecule has 0 saturated carbocycles. The van der Waals surface area contributed by atoms with Gasteiger partial charge in [-0.1, -0.05) is 23.8 Å². The Morgan fingerprint density at radius 1 is 1.00 bits per heavy atom. The summed E-state index contributed by atoms with van der Waals surface area (Å²) >= 11 is 0. The molecular formula is C20H24N2O4. The number of hydrogen-bond acceptors (Lipinski definition) is 4. The summed E-state index contributed by atoms with van der Waals surface area (Å²) in [6.07, 6.45) is 0. The van der Waals surface area contributed by atoms with Gasteiger partial charge in [0, 0.05) is 19.2 Å². The first-order chi connectivity index (χ1) is 12.4. The summed E-state index contributed by atoms with van der Waals surface area (Å²) in [7, 11) is 4.83. The number of amides is 2. The van der Waals surface area contributed by atoms with Crippen molar-refractivity contribution in [1.82, 2.24) is 10.2 Å². The molecule has 0 radical (unpaired) electrons. The lowest BCUT2D eigenvalue weighted by Crippen LogP contribution is -2.37. The number of nitrogens with one attached hydrogen (secondary N) is 1. The van der Waals surface area contributed by atoms with Gasteiger partial charge in [0.25, 0.3) is 5.91 Å². The Morgan fingerprint density at radius 2 is 1.65 bits per heavy atom. The van der Waals surface area contributed by atoms with E-state index < -0.39 is 0 Å². The zero-order chi connectivity index (χ0) is 19.1. The summed E-state index contributed by atoms with van der Waals surface area (Å²) in [5.41, 5.74) is 2.52. The van der Waals surface area contributed by atoms with Crippen LogP contribution in [0.2, 0.25) is 0 Å². The van der Waals surface area contributed by atoms with Gasteiger partial charge >= 0.3 is 0 Å². The second-order valence-corrected chi connectivity index (χ2v) is 5.99. The van der Waals surface area contributed by atoms with Crippen LogP contribution in [0, 0.1) is 6.92 Å². The maximum absolute atomic E-state index is 12.3. The highest BCUT2D eigenvalue weighted by molar-refractivity contribution is 5.96. The summed E-state index contributed by atoms with van der Waals surface area (Å²) in [5.74, 6) is 0.798. The number of nitrogens with zero attached hydrogens (tertiary/aromatic N) is 1. The summed E-state index contributed by atoms with van der Waals surface area (Å²) in [6.45, 7) is 2.30. The first kappa shape index (κ1) is 19.3. The van der Waals surface area contributed by atoms with Crippen molar-refractivity contribution in [3.05, 3.63) is 59.2 Å². The third-order valence-electron chi connectivity index (χ3n) is 4.01. The number of carbonyl (C=O) groups excluding carboxylic acids is 2. The fourth-order valence-corrected chi connectivity index (χ4v) is 2.44. The van der Waals surface area contributed by atoms with Crippen LogP contribution in [-0.4, -0.2) is 44.5 Å². The lowest BCUT2D eigenvalue weighted by atomic mass is 10.1. The molecule has 2 amide bonds. The highest BCUT2D eigenvalue weighted by atomic mass is 16.5. The molecule has 0 saturated heterocycles. The van der Waals surface area contributed by atoms with Crippen LogP contribution in [0.1, 0.15) is 21.5 Å². The number of methoxy groups -OCH3 is 2. The Morgan fingerprint density at radius 3 is 2.27 bits per heavy atom. The van der Waals surface area contributed by atoms with Gasteiger partial charge in [-0.2, -0.15) is 0 Å². The molecule has 138 valence electrons. The molecular weight excluding hydrogens is 332 g/mol. The quantitative estimate of drug-likeness (QED) is 0.827. The molecule has 6 heteroatoms. The molecule has 0 unspecified atom stereocenters. The molecule has 6 nitrogen and oxygen atoms in total.